The van der Waals surface area contributed by atoms with Crippen molar-refractivity contribution in [1.29, 1.82) is 5.26 Å². The number of carbonyl (C=O) groups excluding carboxylic acids is 1. The fourth-order valence-corrected chi connectivity index (χ4v) is 1.82. The number of hydrogen-bond donors (Lipinski definition) is 2. The van der Waals surface area contributed by atoms with Crippen LogP contribution in [0, 0.1) is 17.2 Å². The standard InChI is InChI=1S/C10H15N3O3/c1-7(6-14)13(10(15)16)12-9-3-2-8(4-9)5-11/h6-9,12H,2-4H2,1H3,(H,15,16). The van der Waals surface area contributed by atoms with E-state index < -0.39 is 12.1 Å². The van der Waals surface area contributed by atoms with Crippen LogP contribution in [-0.4, -0.2) is 34.6 Å². The Hall–Kier alpha value is -1.61. The second-order valence-corrected chi connectivity index (χ2v) is 3.99. The molecule has 0 saturated heterocycles. The molecule has 0 spiro atoms. The van der Waals surface area contributed by atoms with Crippen molar-refractivity contribution < 1.29 is 14.7 Å². The van der Waals surface area contributed by atoms with Gasteiger partial charge < -0.3 is 9.90 Å². The molecule has 1 fully saturated rings. The minimum atomic E-state index is -1.18. The van der Waals surface area contributed by atoms with Crippen LogP contribution in [-0.2, 0) is 4.79 Å². The van der Waals surface area contributed by atoms with Crippen LogP contribution in [0.25, 0.3) is 0 Å². The van der Waals surface area contributed by atoms with Crippen LogP contribution in [0.5, 0.6) is 0 Å². The van der Waals surface area contributed by atoms with E-state index in [0.29, 0.717) is 12.7 Å². The molecule has 16 heavy (non-hydrogen) atoms. The predicted molar refractivity (Wildman–Crippen MR) is 55.3 cm³/mol. The van der Waals surface area contributed by atoms with Crippen molar-refractivity contribution in [2.45, 2.75) is 38.3 Å². The predicted octanol–water partition coefficient (Wildman–Crippen LogP) is 0.751. The van der Waals surface area contributed by atoms with E-state index in [2.05, 4.69) is 11.5 Å². The quantitative estimate of drug-likeness (QED) is 0.544. The third-order valence-electron chi connectivity index (χ3n) is 2.75. The van der Waals surface area contributed by atoms with Gasteiger partial charge in [0.15, 0.2) is 0 Å². The number of rotatable bonds is 4. The number of nitriles is 1. The van der Waals surface area contributed by atoms with Gasteiger partial charge in [0.25, 0.3) is 0 Å². The lowest BCUT2D eigenvalue weighted by Gasteiger charge is -2.26. The Morgan fingerprint density at radius 1 is 1.69 bits per heavy atom. The molecule has 1 aliphatic rings. The Kier molecular flexibility index (Phi) is 4.26. The molecule has 0 aromatic rings. The van der Waals surface area contributed by atoms with Crippen molar-refractivity contribution in [3.8, 4) is 6.07 Å². The fraction of sp³-hybridized carbons (Fsp3) is 0.700. The van der Waals surface area contributed by atoms with Crippen molar-refractivity contribution in [2.24, 2.45) is 5.92 Å². The van der Waals surface area contributed by atoms with E-state index in [1.54, 1.807) is 0 Å². The van der Waals surface area contributed by atoms with Crippen LogP contribution >= 0.6 is 0 Å². The number of aldehydes is 1. The lowest BCUT2D eigenvalue weighted by atomic mass is 10.1. The molecular weight excluding hydrogens is 210 g/mol. The van der Waals surface area contributed by atoms with Crippen LogP contribution in [0.3, 0.4) is 0 Å². The van der Waals surface area contributed by atoms with E-state index in [1.807, 2.05) is 0 Å². The SMILES string of the molecule is CC(C=O)N(NC1CCC(C#N)C1)C(=O)O. The lowest BCUT2D eigenvalue weighted by molar-refractivity contribution is -0.112. The number of carboxylic acid groups (broad SMARTS) is 1. The molecule has 0 radical (unpaired) electrons. The smallest absolute Gasteiger partial charge is 0.422 e. The summed E-state index contributed by atoms with van der Waals surface area (Å²) in [7, 11) is 0. The van der Waals surface area contributed by atoms with E-state index in [-0.39, 0.29) is 12.0 Å². The fourth-order valence-electron chi connectivity index (χ4n) is 1.82. The van der Waals surface area contributed by atoms with Gasteiger partial charge in [-0.1, -0.05) is 0 Å². The summed E-state index contributed by atoms with van der Waals surface area (Å²) < 4.78 is 0. The van der Waals surface area contributed by atoms with Gasteiger partial charge in [0.1, 0.15) is 12.3 Å². The molecule has 0 heterocycles. The summed E-state index contributed by atoms with van der Waals surface area (Å²) in [6.45, 7) is 1.50. The van der Waals surface area contributed by atoms with Crippen molar-refractivity contribution >= 4 is 12.4 Å². The molecule has 2 N–H and O–H groups in total. The summed E-state index contributed by atoms with van der Waals surface area (Å²) in [5.41, 5.74) is 2.78. The maximum atomic E-state index is 10.9. The van der Waals surface area contributed by atoms with Crippen LogP contribution in [0.2, 0.25) is 0 Å². The molecule has 1 saturated carbocycles. The van der Waals surface area contributed by atoms with Crippen LogP contribution in [0.1, 0.15) is 26.2 Å². The van der Waals surface area contributed by atoms with Gasteiger partial charge in [-0.2, -0.15) is 5.26 Å². The molecule has 1 rings (SSSR count). The zero-order valence-corrected chi connectivity index (χ0v) is 9.09. The zero-order valence-electron chi connectivity index (χ0n) is 9.09. The average molecular weight is 225 g/mol. The van der Waals surface area contributed by atoms with Crippen LogP contribution < -0.4 is 5.43 Å². The number of nitrogens with one attached hydrogen (secondary N) is 1. The lowest BCUT2D eigenvalue weighted by Crippen LogP contribution is -2.52. The highest BCUT2D eigenvalue weighted by Gasteiger charge is 2.28. The largest absolute Gasteiger partial charge is 0.464 e. The first-order valence-corrected chi connectivity index (χ1v) is 5.21. The molecule has 6 nitrogen and oxygen atoms in total. The van der Waals surface area contributed by atoms with Crippen molar-refractivity contribution in [3.63, 3.8) is 0 Å². The average Bonchev–Trinajstić information content (AvgIpc) is 2.72. The number of nitrogens with zero attached hydrogens (tertiary/aromatic N) is 2. The zero-order chi connectivity index (χ0) is 12.1. The molecule has 0 aromatic heterocycles. The molecule has 3 atom stereocenters. The van der Waals surface area contributed by atoms with E-state index in [1.165, 1.54) is 6.92 Å². The maximum Gasteiger partial charge on any atom is 0.422 e. The Labute approximate surface area is 93.8 Å². The summed E-state index contributed by atoms with van der Waals surface area (Å²) in [4.78, 5) is 21.4. The summed E-state index contributed by atoms with van der Waals surface area (Å²) >= 11 is 0. The Bertz CT molecular complexity index is 313. The third kappa shape index (κ3) is 2.94. The van der Waals surface area contributed by atoms with Gasteiger partial charge in [0, 0.05) is 12.0 Å². The molecule has 3 unspecified atom stereocenters. The van der Waals surface area contributed by atoms with Crippen LogP contribution in [0.15, 0.2) is 0 Å². The monoisotopic (exact) mass is 225 g/mol. The molecule has 88 valence electrons. The van der Waals surface area contributed by atoms with Gasteiger partial charge in [-0.05, 0) is 26.2 Å². The molecule has 1 amide bonds. The molecule has 1 aliphatic carbocycles. The normalized spacial score (nSPS) is 25.8. The summed E-state index contributed by atoms with van der Waals surface area (Å²) in [6, 6.07) is 1.40. The summed E-state index contributed by atoms with van der Waals surface area (Å²) in [5, 5.41) is 18.5. The molecule has 0 aromatic carbocycles. The van der Waals surface area contributed by atoms with Gasteiger partial charge >= 0.3 is 6.09 Å². The van der Waals surface area contributed by atoms with Crippen molar-refractivity contribution in [3.05, 3.63) is 0 Å². The summed E-state index contributed by atoms with van der Waals surface area (Å²) in [6.07, 6.45) is 1.55. The van der Waals surface area contributed by atoms with Gasteiger partial charge in [0.05, 0.1) is 6.07 Å². The van der Waals surface area contributed by atoms with Crippen LogP contribution in [0.4, 0.5) is 4.79 Å². The highest BCUT2D eigenvalue weighted by molar-refractivity contribution is 5.70. The number of amides is 1. The Morgan fingerprint density at radius 2 is 2.38 bits per heavy atom. The minimum absolute atomic E-state index is 0.0142. The van der Waals surface area contributed by atoms with Gasteiger partial charge in [-0.15, -0.1) is 0 Å². The minimum Gasteiger partial charge on any atom is -0.464 e. The highest BCUT2D eigenvalue weighted by atomic mass is 16.4. The maximum absolute atomic E-state index is 10.9. The topological polar surface area (TPSA) is 93.4 Å². The molecule has 0 bridgehead atoms. The first-order valence-electron chi connectivity index (χ1n) is 5.21. The van der Waals surface area contributed by atoms with Crippen molar-refractivity contribution in [1.82, 2.24) is 10.4 Å². The van der Waals surface area contributed by atoms with E-state index >= 15 is 0 Å². The van der Waals surface area contributed by atoms with Gasteiger partial charge in [-0.25, -0.2) is 15.2 Å². The van der Waals surface area contributed by atoms with E-state index in [0.717, 1.165) is 17.9 Å². The van der Waals surface area contributed by atoms with Gasteiger partial charge in [-0.3, -0.25) is 0 Å². The molecule has 6 heteroatoms. The summed E-state index contributed by atoms with van der Waals surface area (Å²) in [5.74, 6) is -0.0142. The first-order chi connectivity index (χ1) is 7.58. The third-order valence-corrected chi connectivity index (χ3v) is 2.75. The Morgan fingerprint density at radius 3 is 2.81 bits per heavy atom. The van der Waals surface area contributed by atoms with E-state index in [4.69, 9.17) is 10.4 Å². The van der Waals surface area contributed by atoms with Gasteiger partial charge in [0.2, 0.25) is 0 Å². The first kappa shape index (κ1) is 12.5. The molecule has 0 aliphatic heterocycles. The number of carbonyl (C=O) groups is 2. The second kappa shape index (κ2) is 5.47. The second-order valence-electron chi connectivity index (χ2n) is 3.99. The van der Waals surface area contributed by atoms with E-state index in [9.17, 15) is 9.59 Å². The Balaban J connectivity index is 2.54. The van der Waals surface area contributed by atoms with Crippen molar-refractivity contribution in [2.75, 3.05) is 0 Å². The highest BCUT2D eigenvalue weighted by Crippen LogP contribution is 2.25. The number of hydrazine groups is 1. The number of hydrogen-bond acceptors (Lipinski definition) is 4. The molecular formula is C10H15N3O3.